The second-order valence-electron chi connectivity index (χ2n) is 5.16. The van der Waals surface area contributed by atoms with Gasteiger partial charge in [0.05, 0.1) is 5.92 Å². The van der Waals surface area contributed by atoms with Crippen LogP contribution in [-0.4, -0.2) is 23.0 Å². The van der Waals surface area contributed by atoms with Crippen LogP contribution in [0.5, 0.6) is 0 Å². The van der Waals surface area contributed by atoms with Crippen LogP contribution in [0.1, 0.15) is 38.7 Å². The number of benzene rings is 1. The van der Waals surface area contributed by atoms with E-state index in [2.05, 4.69) is 5.32 Å². The largest absolute Gasteiger partial charge is 0.480 e. The Labute approximate surface area is 113 Å². The fraction of sp³-hybridized carbons (Fsp3) is 0.467. The summed E-state index contributed by atoms with van der Waals surface area (Å²) in [6.07, 6.45) is 0.433. The third-order valence-electron chi connectivity index (χ3n) is 3.01. The van der Waals surface area contributed by atoms with Crippen LogP contribution in [-0.2, 0) is 9.59 Å². The predicted octanol–water partition coefficient (Wildman–Crippen LogP) is 2.41. The third kappa shape index (κ3) is 4.73. The first kappa shape index (κ1) is 15.2. The summed E-state index contributed by atoms with van der Waals surface area (Å²) < 4.78 is 0. The maximum absolute atomic E-state index is 12.1. The van der Waals surface area contributed by atoms with Crippen LogP contribution in [0.15, 0.2) is 30.3 Å². The lowest BCUT2D eigenvalue weighted by molar-refractivity contribution is -0.142. The molecular formula is C15H21NO3. The molecule has 1 rings (SSSR count). The van der Waals surface area contributed by atoms with Gasteiger partial charge < -0.3 is 10.4 Å². The van der Waals surface area contributed by atoms with Gasteiger partial charge in [0.2, 0.25) is 5.91 Å². The summed E-state index contributed by atoms with van der Waals surface area (Å²) in [4.78, 5) is 23.2. The summed E-state index contributed by atoms with van der Waals surface area (Å²) in [5.74, 6) is -1.37. The average Bonchev–Trinajstić information content (AvgIpc) is 2.37. The molecule has 104 valence electrons. The molecule has 0 saturated heterocycles. The van der Waals surface area contributed by atoms with Crippen LogP contribution in [0.25, 0.3) is 0 Å². The Kier molecular flexibility index (Phi) is 5.55. The molecule has 4 nitrogen and oxygen atoms in total. The number of hydrogen-bond donors (Lipinski definition) is 2. The molecule has 0 heterocycles. The molecule has 1 aromatic carbocycles. The van der Waals surface area contributed by atoms with E-state index in [1.807, 2.05) is 44.2 Å². The van der Waals surface area contributed by atoms with E-state index in [9.17, 15) is 9.59 Å². The Morgan fingerprint density at radius 2 is 1.74 bits per heavy atom. The van der Waals surface area contributed by atoms with E-state index >= 15 is 0 Å². The highest BCUT2D eigenvalue weighted by Gasteiger charge is 2.24. The van der Waals surface area contributed by atoms with E-state index < -0.39 is 12.0 Å². The van der Waals surface area contributed by atoms with Crippen LogP contribution >= 0.6 is 0 Å². The number of amides is 1. The van der Waals surface area contributed by atoms with Gasteiger partial charge in [-0.25, -0.2) is 4.79 Å². The van der Waals surface area contributed by atoms with E-state index in [4.69, 9.17) is 5.11 Å². The summed E-state index contributed by atoms with van der Waals surface area (Å²) in [6.45, 7) is 5.64. The van der Waals surface area contributed by atoms with Gasteiger partial charge in [0, 0.05) is 0 Å². The predicted molar refractivity (Wildman–Crippen MR) is 73.9 cm³/mol. The van der Waals surface area contributed by atoms with Crippen LogP contribution < -0.4 is 5.32 Å². The van der Waals surface area contributed by atoms with Gasteiger partial charge in [-0.15, -0.1) is 0 Å². The SMILES string of the molecule is CC(C)C[C@H](NC(=O)C(C)c1ccccc1)C(=O)O. The third-order valence-corrected chi connectivity index (χ3v) is 3.01. The fourth-order valence-corrected chi connectivity index (χ4v) is 1.88. The normalized spacial score (nSPS) is 13.9. The highest BCUT2D eigenvalue weighted by molar-refractivity contribution is 5.87. The van der Waals surface area contributed by atoms with Crippen molar-refractivity contribution in [1.29, 1.82) is 0 Å². The Morgan fingerprint density at radius 1 is 1.16 bits per heavy atom. The molecule has 1 aromatic rings. The van der Waals surface area contributed by atoms with Crippen molar-refractivity contribution in [1.82, 2.24) is 5.32 Å². The first-order valence-electron chi connectivity index (χ1n) is 6.50. The molecule has 0 radical (unpaired) electrons. The van der Waals surface area contributed by atoms with Gasteiger partial charge in [-0.05, 0) is 24.8 Å². The van der Waals surface area contributed by atoms with Gasteiger partial charge in [0.25, 0.3) is 0 Å². The zero-order valence-corrected chi connectivity index (χ0v) is 11.6. The van der Waals surface area contributed by atoms with Gasteiger partial charge >= 0.3 is 5.97 Å². The minimum Gasteiger partial charge on any atom is -0.480 e. The Hall–Kier alpha value is -1.84. The summed E-state index contributed by atoms with van der Waals surface area (Å²) in [6, 6.07) is 8.51. The number of carboxylic acid groups (broad SMARTS) is 1. The van der Waals surface area contributed by atoms with Gasteiger partial charge in [-0.3, -0.25) is 4.79 Å². The Bertz CT molecular complexity index is 428. The van der Waals surface area contributed by atoms with E-state index in [1.54, 1.807) is 6.92 Å². The molecule has 2 atom stereocenters. The second kappa shape index (κ2) is 6.92. The number of rotatable bonds is 6. The minimum atomic E-state index is -0.984. The molecular weight excluding hydrogens is 242 g/mol. The van der Waals surface area contributed by atoms with Gasteiger partial charge in [0.1, 0.15) is 6.04 Å². The van der Waals surface area contributed by atoms with Crippen molar-refractivity contribution in [2.45, 2.75) is 39.2 Å². The summed E-state index contributed by atoms with van der Waals surface area (Å²) in [5, 5.41) is 11.7. The highest BCUT2D eigenvalue weighted by Crippen LogP contribution is 2.15. The zero-order chi connectivity index (χ0) is 14.4. The van der Waals surface area contributed by atoms with E-state index in [0.717, 1.165) is 5.56 Å². The highest BCUT2D eigenvalue weighted by atomic mass is 16.4. The minimum absolute atomic E-state index is 0.216. The van der Waals surface area contributed by atoms with Crippen molar-refractivity contribution >= 4 is 11.9 Å². The molecule has 1 amide bonds. The number of carboxylic acids is 1. The first-order chi connectivity index (χ1) is 8.91. The summed E-state index contributed by atoms with van der Waals surface area (Å²) in [7, 11) is 0. The molecule has 0 spiro atoms. The number of hydrogen-bond acceptors (Lipinski definition) is 2. The maximum Gasteiger partial charge on any atom is 0.326 e. The van der Waals surface area contributed by atoms with E-state index in [1.165, 1.54) is 0 Å². The van der Waals surface area contributed by atoms with Crippen molar-refractivity contribution in [3.8, 4) is 0 Å². The van der Waals surface area contributed by atoms with Crippen LogP contribution in [0.2, 0.25) is 0 Å². The molecule has 2 N–H and O–H groups in total. The second-order valence-corrected chi connectivity index (χ2v) is 5.16. The van der Waals surface area contributed by atoms with Crippen molar-refractivity contribution < 1.29 is 14.7 Å². The lowest BCUT2D eigenvalue weighted by atomic mass is 9.98. The Morgan fingerprint density at radius 3 is 2.21 bits per heavy atom. The molecule has 0 aliphatic carbocycles. The molecule has 19 heavy (non-hydrogen) atoms. The molecule has 1 unspecified atom stereocenters. The molecule has 0 aromatic heterocycles. The quantitative estimate of drug-likeness (QED) is 0.828. The van der Waals surface area contributed by atoms with Crippen molar-refractivity contribution in [3.05, 3.63) is 35.9 Å². The number of carbonyl (C=O) groups is 2. The lowest BCUT2D eigenvalue weighted by Crippen LogP contribution is -2.43. The number of aliphatic carboxylic acids is 1. The lowest BCUT2D eigenvalue weighted by Gasteiger charge is -2.19. The standard InChI is InChI=1S/C15H21NO3/c1-10(2)9-13(15(18)19)16-14(17)11(3)12-7-5-4-6-8-12/h4-8,10-11,13H,9H2,1-3H3,(H,16,17)(H,18,19)/t11?,13-/m0/s1. The summed E-state index contributed by atoms with van der Waals surface area (Å²) in [5.41, 5.74) is 0.883. The van der Waals surface area contributed by atoms with Crippen molar-refractivity contribution in [2.75, 3.05) is 0 Å². The van der Waals surface area contributed by atoms with Crippen molar-refractivity contribution in [2.24, 2.45) is 5.92 Å². The van der Waals surface area contributed by atoms with Gasteiger partial charge in [-0.1, -0.05) is 44.2 Å². The summed E-state index contributed by atoms with van der Waals surface area (Å²) >= 11 is 0. The fourth-order valence-electron chi connectivity index (χ4n) is 1.88. The maximum atomic E-state index is 12.1. The van der Waals surface area contributed by atoms with E-state index in [0.29, 0.717) is 6.42 Å². The first-order valence-corrected chi connectivity index (χ1v) is 6.50. The number of carbonyl (C=O) groups excluding carboxylic acids is 1. The van der Waals surface area contributed by atoms with Crippen LogP contribution in [0.4, 0.5) is 0 Å². The van der Waals surface area contributed by atoms with Crippen LogP contribution in [0.3, 0.4) is 0 Å². The molecule has 0 saturated carbocycles. The molecule has 0 fully saturated rings. The van der Waals surface area contributed by atoms with Gasteiger partial charge in [-0.2, -0.15) is 0 Å². The monoisotopic (exact) mass is 263 g/mol. The molecule has 0 aliphatic heterocycles. The molecule has 4 heteroatoms. The smallest absolute Gasteiger partial charge is 0.326 e. The molecule has 0 aliphatic rings. The number of nitrogens with one attached hydrogen (secondary N) is 1. The molecule has 0 bridgehead atoms. The average molecular weight is 263 g/mol. The van der Waals surface area contributed by atoms with Crippen LogP contribution in [0, 0.1) is 5.92 Å². The van der Waals surface area contributed by atoms with E-state index in [-0.39, 0.29) is 17.7 Å². The van der Waals surface area contributed by atoms with Gasteiger partial charge in [0.15, 0.2) is 0 Å². The van der Waals surface area contributed by atoms with Crippen molar-refractivity contribution in [3.63, 3.8) is 0 Å². The zero-order valence-electron chi connectivity index (χ0n) is 11.6. The topological polar surface area (TPSA) is 66.4 Å². The Balaban J connectivity index is 2.69.